The molecule has 2 aliphatic heterocycles. The standard InChI is InChI=1S/C7H11N2/c1-2-8-4-7-5-9-3-6(1)7/h8H,1-5H2. The maximum absolute atomic E-state index is 4.31. The van der Waals surface area contributed by atoms with Gasteiger partial charge in [-0.05, 0) is 18.5 Å². The predicted octanol–water partition coefficient (Wildman–Crippen LogP) is -0.106. The Hall–Kier alpha value is -0.340. The molecule has 1 radical (unpaired) electrons. The summed E-state index contributed by atoms with van der Waals surface area (Å²) in [5.41, 5.74) is 3.16. The summed E-state index contributed by atoms with van der Waals surface area (Å²) in [6.45, 7) is 4.28. The van der Waals surface area contributed by atoms with E-state index in [1.807, 2.05) is 0 Å². The second-order valence-corrected chi connectivity index (χ2v) is 2.67. The van der Waals surface area contributed by atoms with Crippen molar-refractivity contribution in [3.8, 4) is 0 Å². The molecule has 0 aliphatic carbocycles. The SMILES string of the molecule is C1CC2=C(C[N]C2)CN1. The van der Waals surface area contributed by atoms with Gasteiger partial charge in [-0.25, -0.2) is 5.32 Å². The van der Waals surface area contributed by atoms with Crippen LogP contribution in [0.25, 0.3) is 0 Å². The fourth-order valence-corrected chi connectivity index (χ4v) is 1.46. The highest BCUT2D eigenvalue weighted by atomic mass is 14.9. The molecule has 49 valence electrons. The lowest BCUT2D eigenvalue weighted by atomic mass is 10.1. The molecule has 2 heteroatoms. The van der Waals surface area contributed by atoms with Crippen LogP contribution >= 0.6 is 0 Å². The normalized spacial score (nSPS) is 26.7. The van der Waals surface area contributed by atoms with Gasteiger partial charge in [-0.3, -0.25) is 0 Å². The van der Waals surface area contributed by atoms with Crippen LogP contribution in [0.5, 0.6) is 0 Å². The van der Waals surface area contributed by atoms with Gasteiger partial charge in [0.1, 0.15) is 0 Å². The van der Waals surface area contributed by atoms with Crippen molar-refractivity contribution in [1.29, 1.82) is 0 Å². The fraction of sp³-hybridized carbons (Fsp3) is 0.714. The van der Waals surface area contributed by atoms with Crippen molar-refractivity contribution in [3.05, 3.63) is 11.1 Å². The topological polar surface area (TPSA) is 26.1 Å². The molecule has 0 saturated heterocycles. The van der Waals surface area contributed by atoms with E-state index in [1.54, 1.807) is 11.1 Å². The van der Waals surface area contributed by atoms with Crippen molar-refractivity contribution in [2.75, 3.05) is 26.2 Å². The van der Waals surface area contributed by atoms with Crippen LogP contribution in [-0.4, -0.2) is 26.2 Å². The molecule has 0 aromatic carbocycles. The summed E-state index contributed by atoms with van der Waals surface area (Å²) in [5.74, 6) is 0. The van der Waals surface area contributed by atoms with Crippen molar-refractivity contribution >= 4 is 0 Å². The number of nitrogens with zero attached hydrogens (tertiary/aromatic N) is 1. The van der Waals surface area contributed by atoms with E-state index < -0.39 is 0 Å². The number of rotatable bonds is 0. The summed E-state index contributed by atoms with van der Waals surface area (Å²) < 4.78 is 0. The lowest BCUT2D eigenvalue weighted by Crippen LogP contribution is -2.24. The molecule has 0 aromatic heterocycles. The van der Waals surface area contributed by atoms with Gasteiger partial charge in [0.05, 0.1) is 0 Å². The van der Waals surface area contributed by atoms with Crippen LogP contribution in [0.2, 0.25) is 0 Å². The van der Waals surface area contributed by atoms with Gasteiger partial charge in [0.25, 0.3) is 0 Å². The first kappa shape index (κ1) is 5.45. The van der Waals surface area contributed by atoms with Gasteiger partial charge >= 0.3 is 0 Å². The molecule has 2 nitrogen and oxygen atoms in total. The Bertz CT molecular complexity index is 133. The smallest absolute Gasteiger partial charge is 0.0363 e. The van der Waals surface area contributed by atoms with E-state index in [1.165, 1.54) is 6.42 Å². The van der Waals surface area contributed by atoms with E-state index in [2.05, 4.69) is 10.6 Å². The largest absolute Gasteiger partial charge is 0.313 e. The van der Waals surface area contributed by atoms with Gasteiger partial charge in [0, 0.05) is 19.6 Å². The lowest BCUT2D eigenvalue weighted by Gasteiger charge is -2.13. The monoisotopic (exact) mass is 123 g/mol. The molecule has 9 heavy (non-hydrogen) atoms. The summed E-state index contributed by atoms with van der Waals surface area (Å²) in [6, 6.07) is 0. The van der Waals surface area contributed by atoms with Gasteiger partial charge < -0.3 is 5.32 Å². The summed E-state index contributed by atoms with van der Waals surface area (Å²) in [5, 5.41) is 7.65. The molecular formula is C7H11N2. The molecule has 0 unspecified atom stereocenters. The van der Waals surface area contributed by atoms with E-state index in [4.69, 9.17) is 0 Å². The van der Waals surface area contributed by atoms with E-state index in [-0.39, 0.29) is 0 Å². The highest BCUT2D eigenvalue weighted by molar-refractivity contribution is 5.25. The molecule has 0 amide bonds. The predicted molar refractivity (Wildman–Crippen MR) is 36.4 cm³/mol. The van der Waals surface area contributed by atoms with E-state index in [0.29, 0.717) is 0 Å². The second-order valence-electron chi connectivity index (χ2n) is 2.67. The zero-order chi connectivity index (χ0) is 6.10. The summed E-state index contributed by atoms with van der Waals surface area (Å²) >= 11 is 0. The average Bonchev–Trinajstić information content (AvgIpc) is 2.33. The van der Waals surface area contributed by atoms with Crippen LogP contribution in [0.15, 0.2) is 11.1 Å². The van der Waals surface area contributed by atoms with Crippen LogP contribution < -0.4 is 10.6 Å². The van der Waals surface area contributed by atoms with Crippen molar-refractivity contribution in [2.24, 2.45) is 0 Å². The second kappa shape index (κ2) is 2.12. The number of hydrogen-bond acceptors (Lipinski definition) is 1. The van der Waals surface area contributed by atoms with Gasteiger partial charge in [0.15, 0.2) is 0 Å². The molecule has 2 rings (SSSR count). The molecule has 0 aromatic rings. The Morgan fingerprint density at radius 1 is 1.22 bits per heavy atom. The van der Waals surface area contributed by atoms with Gasteiger partial charge in [-0.15, -0.1) is 0 Å². The van der Waals surface area contributed by atoms with Crippen LogP contribution in [0.4, 0.5) is 0 Å². The van der Waals surface area contributed by atoms with Gasteiger partial charge in [0.2, 0.25) is 0 Å². The van der Waals surface area contributed by atoms with Crippen molar-refractivity contribution < 1.29 is 0 Å². The Kier molecular flexibility index (Phi) is 1.28. The summed E-state index contributed by atoms with van der Waals surface area (Å²) in [6.07, 6.45) is 1.23. The molecule has 0 atom stereocenters. The maximum atomic E-state index is 4.31. The average molecular weight is 123 g/mol. The Morgan fingerprint density at radius 3 is 3.00 bits per heavy atom. The Balaban J connectivity index is 2.17. The first-order valence-corrected chi connectivity index (χ1v) is 3.50. The fourth-order valence-electron chi connectivity index (χ4n) is 1.46. The minimum atomic E-state index is 1.00. The molecular weight excluding hydrogens is 112 g/mol. The third-order valence-electron chi connectivity index (χ3n) is 2.05. The third-order valence-corrected chi connectivity index (χ3v) is 2.05. The maximum Gasteiger partial charge on any atom is 0.0363 e. The van der Waals surface area contributed by atoms with Crippen LogP contribution in [-0.2, 0) is 0 Å². The minimum absolute atomic E-state index is 1.00. The van der Waals surface area contributed by atoms with Gasteiger partial charge in [-0.1, -0.05) is 5.57 Å². The molecule has 0 fully saturated rings. The van der Waals surface area contributed by atoms with E-state index in [0.717, 1.165) is 26.2 Å². The Morgan fingerprint density at radius 2 is 2.11 bits per heavy atom. The van der Waals surface area contributed by atoms with E-state index in [9.17, 15) is 0 Å². The van der Waals surface area contributed by atoms with Crippen LogP contribution in [0, 0.1) is 0 Å². The number of hydrogen-bond donors (Lipinski definition) is 1. The molecule has 0 spiro atoms. The first-order chi connectivity index (χ1) is 4.47. The van der Waals surface area contributed by atoms with Crippen molar-refractivity contribution in [1.82, 2.24) is 10.6 Å². The minimum Gasteiger partial charge on any atom is -0.313 e. The zero-order valence-electron chi connectivity index (χ0n) is 5.48. The highest BCUT2D eigenvalue weighted by Crippen LogP contribution is 2.15. The lowest BCUT2D eigenvalue weighted by molar-refractivity contribution is 0.684. The van der Waals surface area contributed by atoms with Gasteiger partial charge in [-0.2, -0.15) is 0 Å². The number of nitrogens with one attached hydrogen (secondary N) is 1. The van der Waals surface area contributed by atoms with Crippen molar-refractivity contribution in [2.45, 2.75) is 6.42 Å². The van der Waals surface area contributed by atoms with Crippen LogP contribution in [0.3, 0.4) is 0 Å². The molecule has 1 N–H and O–H groups in total. The quantitative estimate of drug-likeness (QED) is 0.447. The highest BCUT2D eigenvalue weighted by Gasteiger charge is 2.16. The zero-order valence-corrected chi connectivity index (χ0v) is 5.48. The summed E-state index contributed by atoms with van der Waals surface area (Å²) in [4.78, 5) is 0. The Labute approximate surface area is 55.3 Å². The van der Waals surface area contributed by atoms with Crippen molar-refractivity contribution in [3.63, 3.8) is 0 Å². The molecule has 0 saturated carbocycles. The molecule has 2 heterocycles. The molecule has 0 bridgehead atoms. The summed E-state index contributed by atoms with van der Waals surface area (Å²) in [7, 11) is 0. The van der Waals surface area contributed by atoms with Crippen LogP contribution in [0.1, 0.15) is 6.42 Å². The third kappa shape index (κ3) is 0.884. The van der Waals surface area contributed by atoms with E-state index >= 15 is 0 Å². The first-order valence-electron chi connectivity index (χ1n) is 3.50. The molecule has 2 aliphatic rings.